The summed E-state index contributed by atoms with van der Waals surface area (Å²) in [6.45, 7) is 5.05. The molecule has 0 radical (unpaired) electrons. The topological polar surface area (TPSA) is 49.9 Å². The molecule has 0 aromatic heterocycles. The van der Waals surface area contributed by atoms with Crippen molar-refractivity contribution in [3.05, 3.63) is 70.9 Å². The van der Waals surface area contributed by atoms with Crippen molar-refractivity contribution in [2.45, 2.75) is 32.9 Å². The van der Waals surface area contributed by atoms with Gasteiger partial charge in [0, 0.05) is 24.7 Å². The van der Waals surface area contributed by atoms with E-state index in [0.29, 0.717) is 35.7 Å². The second-order valence-corrected chi connectivity index (χ2v) is 7.44. The maximum absolute atomic E-state index is 13.3. The summed E-state index contributed by atoms with van der Waals surface area (Å²) in [5, 5.41) is 0. The van der Waals surface area contributed by atoms with Gasteiger partial charge in [-0.3, -0.25) is 14.5 Å². The fraction of sp³-hybridized carbons (Fsp3) is 0.304. The lowest BCUT2D eigenvalue weighted by atomic mass is 9.97. The first-order chi connectivity index (χ1) is 13.5. The molecular formula is C23H24N2O3. The highest BCUT2D eigenvalue weighted by atomic mass is 16.5. The second-order valence-electron chi connectivity index (χ2n) is 7.44. The van der Waals surface area contributed by atoms with Crippen LogP contribution in [-0.4, -0.2) is 41.3 Å². The fourth-order valence-corrected chi connectivity index (χ4v) is 4.08. The second kappa shape index (κ2) is 7.15. The van der Waals surface area contributed by atoms with E-state index in [4.69, 9.17) is 4.74 Å². The number of imide groups is 1. The van der Waals surface area contributed by atoms with Gasteiger partial charge in [0.15, 0.2) is 0 Å². The molecule has 0 unspecified atom stereocenters. The first kappa shape index (κ1) is 18.3. The summed E-state index contributed by atoms with van der Waals surface area (Å²) >= 11 is 0. The highest BCUT2D eigenvalue weighted by Gasteiger charge is 2.44. The number of benzene rings is 2. The van der Waals surface area contributed by atoms with Crippen molar-refractivity contribution >= 4 is 17.4 Å². The molecule has 0 saturated carbocycles. The molecule has 0 fully saturated rings. The van der Waals surface area contributed by atoms with Crippen molar-refractivity contribution in [3.8, 4) is 5.75 Å². The van der Waals surface area contributed by atoms with Gasteiger partial charge >= 0.3 is 0 Å². The molecule has 0 bridgehead atoms. The number of methoxy groups -OCH3 is 1. The molecule has 5 nitrogen and oxygen atoms in total. The van der Waals surface area contributed by atoms with Crippen molar-refractivity contribution < 1.29 is 14.3 Å². The van der Waals surface area contributed by atoms with E-state index in [2.05, 4.69) is 12.1 Å². The number of hydrogen-bond donors (Lipinski definition) is 0. The van der Waals surface area contributed by atoms with Gasteiger partial charge in [-0.25, -0.2) is 0 Å². The van der Waals surface area contributed by atoms with Crippen LogP contribution in [0.15, 0.2) is 54.2 Å². The molecule has 0 aliphatic carbocycles. The van der Waals surface area contributed by atoms with Gasteiger partial charge in [0.25, 0.3) is 11.8 Å². The van der Waals surface area contributed by atoms with Crippen molar-refractivity contribution in [2.75, 3.05) is 13.7 Å². The maximum atomic E-state index is 13.3. The van der Waals surface area contributed by atoms with Crippen molar-refractivity contribution in [3.63, 3.8) is 0 Å². The summed E-state index contributed by atoms with van der Waals surface area (Å²) < 4.78 is 5.49. The van der Waals surface area contributed by atoms with Gasteiger partial charge in [0.1, 0.15) is 11.4 Å². The summed E-state index contributed by atoms with van der Waals surface area (Å²) in [6.07, 6.45) is 0.849. The van der Waals surface area contributed by atoms with Crippen LogP contribution in [0.2, 0.25) is 0 Å². The predicted octanol–water partition coefficient (Wildman–Crippen LogP) is 3.24. The normalized spacial score (nSPS) is 16.9. The first-order valence-electron chi connectivity index (χ1n) is 9.60. The molecule has 2 amide bonds. The molecule has 5 heteroatoms. The van der Waals surface area contributed by atoms with E-state index in [1.807, 2.05) is 55.1 Å². The van der Waals surface area contributed by atoms with Gasteiger partial charge in [-0.05, 0) is 37.5 Å². The number of rotatable bonds is 4. The van der Waals surface area contributed by atoms with Gasteiger partial charge in [-0.2, -0.15) is 0 Å². The molecule has 144 valence electrons. The van der Waals surface area contributed by atoms with Crippen LogP contribution in [0.4, 0.5) is 0 Å². The zero-order chi connectivity index (χ0) is 19.8. The number of fused-ring (bicyclic) bond motifs is 1. The number of hydrogen-bond acceptors (Lipinski definition) is 4. The Bertz CT molecular complexity index is 977. The Morgan fingerprint density at radius 1 is 0.929 bits per heavy atom. The van der Waals surface area contributed by atoms with Gasteiger partial charge in [-0.1, -0.05) is 42.5 Å². The van der Waals surface area contributed by atoms with Gasteiger partial charge in [-0.15, -0.1) is 0 Å². The minimum absolute atomic E-state index is 0.209. The smallest absolute Gasteiger partial charge is 0.278 e. The summed E-state index contributed by atoms with van der Waals surface area (Å²) in [7, 11) is 1.58. The quantitative estimate of drug-likeness (QED) is 0.769. The lowest BCUT2D eigenvalue weighted by Crippen LogP contribution is -2.40. The number of amides is 2. The van der Waals surface area contributed by atoms with Crippen LogP contribution in [-0.2, 0) is 22.6 Å². The van der Waals surface area contributed by atoms with Crippen LogP contribution in [0.25, 0.3) is 5.57 Å². The summed E-state index contributed by atoms with van der Waals surface area (Å²) in [4.78, 5) is 30.0. The van der Waals surface area contributed by atoms with Crippen LogP contribution in [0, 0.1) is 0 Å². The van der Waals surface area contributed by atoms with Crippen molar-refractivity contribution in [1.82, 2.24) is 9.80 Å². The minimum Gasteiger partial charge on any atom is -0.496 e. The van der Waals surface area contributed by atoms with Crippen LogP contribution in [0.3, 0.4) is 0 Å². The Labute approximate surface area is 165 Å². The molecule has 2 aliphatic rings. The van der Waals surface area contributed by atoms with Crippen LogP contribution >= 0.6 is 0 Å². The summed E-state index contributed by atoms with van der Waals surface area (Å²) in [5.41, 5.74) is 4.09. The van der Waals surface area contributed by atoms with E-state index >= 15 is 0 Å². The maximum Gasteiger partial charge on any atom is 0.278 e. The summed E-state index contributed by atoms with van der Waals surface area (Å²) in [6, 6.07) is 15.5. The Kier molecular flexibility index (Phi) is 4.67. The predicted molar refractivity (Wildman–Crippen MR) is 107 cm³/mol. The van der Waals surface area contributed by atoms with Crippen molar-refractivity contribution in [1.29, 1.82) is 0 Å². The monoisotopic (exact) mass is 376 g/mol. The van der Waals surface area contributed by atoms with E-state index < -0.39 is 0 Å². The number of nitrogens with zero attached hydrogens (tertiary/aromatic N) is 2. The molecule has 2 aromatic carbocycles. The Morgan fingerprint density at radius 2 is 1.61 bits per heavy atom. The van der Waals surface area contributed by atoms with Crippen molar-refractivity contribution in [2.24, 2.45) is 0 Å². The van der Waals surface area contributed by atoms with Gasteiger partial charge < -0.3 is 9.64 Å². The third kappa shape index (κ3) is 2.87. The van der Waals surface area contributed by atoms with E-state index in [1.165, 1.54) is 16.0 Å². The Balaban J connectivity index is 1.85. The zero-order valence-electron chi connectivity index (χ0n) is 16.4. The van der Waals surface area contributed by atoms with Crippen LogP contribution in [0.1, 0.15) is 30.5 Å². The molecular weight excluding hydrogens is 352 g/mol. The molecule has 0 spiro atoms. The highest BCUT2D eigenvalue weighted by Crippen LogP contribution is 2.38. The largest absolute Gasteiger partial charge is 0.496 e. The van der Waals surface area contributed by atoms with Gasteiger partial charge in [0.2, 0.25) is 0 Å². The molecule has 0 saturated heterocycles. The molecule has 28 heavy (non-hydrogen) atoms. The SMILES string of the molecule is COc1ccccc1C1=C(N2CCc3ccccc3C2)C(=O)N(C(C)C)C1=O. The Hall–Kier alpha value is -3.08. The van der Waals surface area contributed by atoms with E-state index in [0.717, 1.165) is 6.42 Å². The molecule has 0 N–H and O–H groups in total. The standard InChI is InChI=1S/C23H24N2O3/c1-15(2)25-22(26)20(18-10-6-7-11-19(18)28-3)21(23(25)27)24-13-12-16-8-4-5-9-17(16)14-24/h4-11,15H,12-14H2,1-3H3. The molecule has 2 aliphatic heterocycles. The average molecular weight is 376 g/mol. The lowest BCUT2D eigenvalue weighted by Gasteiger charge is -2.31. The summed E-state index contributed by atoms with van der Waals surface area (Å²) in [5.74, 6) is 0.123. The van der Waals surface area contributed by atoms with Crippen LogP contribution < -0.4 is 4.74 Å². The zero-order valence-corrected chi connectivity index (χ0v) is 16.4. The Morgan fingerprint density at radius 3 is 2.32 bits per heavy atom. The third-order valence-corrected chi connectivity index (χ3v) is 5.43. The molecule has 2 aromatic rings. The average Bonchev–Trinajstić information content (AvgIpc) is 2.97. The van der Waals surface area contributed by atoms with Gasteiger partial charge in [0.05, 0.1) is 12.7 Å². The number of ether oxygens (including phenoxy) is 1. The number of para-hydroxylation sites is 1. The van der Waals surface area contributed by atoms with Crippen LogP contribution in [0.5, 0.6) is 5.75 Å². The third-order valence-electron chi connectivity index (χ3n) is 5.43. The molecule has 0 atom stereocenters. The first-order valence-corrected chi connectivity index (χ1v) is 9.60. The van der Waals surface area contributed by atoms with E-state index in [1.54, 1.807) is 7.11 Å². The lowest BCUT2D eigenvalue weighted by molar-refractivity contribution is -0.139. The molecule has 2 heterocycles. The van der Waals surface area contributed by atoms with E-state index in [-0.39, 0.29) is 17.9 Å². The molecule has 4 rings (SSSR count). The number of carbonyl (C=O) groups is 2. The number of carbonyl (C=O) groups excluding carboxylic acids is 2. The fourth-order valence-electron chi connectivity index (χ4n) is 4.08. The van der Waals surface area contributed by atoms with E-state index in [9.17, 15) is 9.59 Å². The highest BCUT2D eigenvalue weighted by molar-refractivity contribution is 6.36. The minimum atomic E-state index is -0.252.